The van der Waals surface area contributed by atoms with Crippen molar-refractivity contribution in [3.05, 3.63) is 59.0 Å². The van der Waals surface area contributed by atoms with Crippen molar-refractivity contribution in [1.29, 1.82) is 0 Å². The summed E-state index contributed by atoms with van der Waals surface area (Å²) in [4.78, 5) is 37.8. The third-order valence-electron chi connectivity index (χ3n) is 4.46. The van der Waals surface area contributed by atoms with Gasteiger partial charge in [0.2, 0.25) is 5.91 Å². The summed E-state index contributed by atoms with van der Waals surface area (Å²) in [6.45, 7) is 1.34. The van der Waals surface area contributed by atoms with Crippen LogP contribution in [-0.4, -0.2) is 43.5 Å². The van der Waals surface area contributed by atoms with Crippen LogP contribution < -0.4 is 20.1 Å². The number of anilines is 1. The minimum absolute atomic E-state index is 0.0323. The predicted octanol–water partition coefficient (Wildman–Crippen LogP) is 2.68. The smallest absolute Gasteiger partial charge is 0.329 e. The summed E-state index contributed by atoms with van der Waals surface area (Å²) < 4.78 is 23.5. The molecular formula is C21H20FN3O5. The van der Waals surface area contributed by atoms with Crippen LogP contribution in [0.15, 0.2) is 42.1 Å². The van der Waals surface area contributed by atoms with Gasteiger partial charge < -0.3 is 20.1 Å². The number of halogens is 1. The fourth-order valence-corrected chi connectivity index (χ4v) is 2.90. The van der Waals surface area contributed by atoms with Crippen LogP contribution in [0.3, 0.4) is 0 Å². The molecule has 156 valence electrons. The number of methoxy groups -OCH3 is 2. The molecule has 2 aromatic carbocycles. The molecule has 3 rings (SSSR count). The second-order valence-electron chi connectivity index (χ2n) is 6.50. The molecule has 1 aliphatic rings. The van der Waals surface area contributed by atoms with Gasteiger partial charge in [0.15, 0.2) is 11.5 Å². The van der Waals surface area contributed by atoms with Crippen LogP contribution in [0.5, 0.6) is 11.5 Å². The molecule has 0 spiro atoms. The number of hydrogen-bond donors (Lipinski definition) is 2. The van der Waals surface area contributed by atoms with Gasteiger partial charge in [0.05, 0.1) is 14.2 Å². The Labute approximate surface area is 172 Å². The number of carbonyl (C=O) groups excluding carboxylic acids is 3. The van der Waals surface area contributed by atoms with Gasteiger partial charge in [-0.25, -0.2) is 14.1 Å². The van der Waals surface area contributed by atoms with Gasteiger partial charge in [-0.1, -0.05) is 0 Å². The second kappa shape index (κ2) is 8.64. The van der Waals surface area contributed by atoms with E-state index in [1.165, 1.54) is 44.6 Å². The number of hydrogen-bond acceptors (Lipinski definition) is 5. The molecule has 8 nitrogen and oxygen atoms in total. The minimum Gasteiger partial charge on any atom is -0.493 e. The lowest BCUT2D eigenvalue weighted by atomic mass is 10.1. The Bertz CT molecular complexity index is 1030. The average molecular weight is 413 g/mol. The summed E-state index contributed by atoms with van der Waals surface area (Å²) in [5.41, 5.74) is 1.83. The van der Waals surface area contributed by atoms with E-state index in [0.29, 0.717) is 22.7 Å². The Morgan fingerprint density at radius 2 is 1.77 bits per heavy atom. The molecule has 2 N–H and O–H groups in total. The Kier molecular flexibility index (Phi) is 6.01. The van der Waals surface area contributed by atoms with E-state index >= 15 is 0 Å². The standard InChI is InChI=1S/C21H20FN3O5/c1-12-8-17(29-2)18(30-3)10-13(12)9-16-20(27)25(21(28)24-16)11-19(26)23-15-6-4-14(22)5-7-15/h4-10H,11H2,1-3H3,(H,23,26)(H,24,28). The molecule has 1 fully saturated rings. The quantitative estimate of drug-likeness (QED) is 0.561. The zero-order valence-corrected chi connectivity index (χ0v) is 16.6. The maximum absolute atomic E-state index is 13.0. The summed E-state index contributed by atoms with van der Waals surface area (Å²) in [5, 5.41) is 4.98. The van der Waals surface area contributed by atoms with Gasteiger partial charge in [0.25, 0.3) is 5.91 Å². The third kappa shape index (κ3) is 4.40. The maximum Gasteiger partial charge on any atom is 0.329 e. The lowest BCUT2D eigenvalue weighted by Crippen LogP contribution is -2.38. The molecule has 9 heteroatoms. The first-order chi connectivity index (χ1) is 14.3. The van der Waals surface area contributed by atoms with Gasteiger partial charge in [-0.15, -0.1) is 0 Å². The van der Waals surface area contributed by atoms with Crippen molar-refractivity contribution in [1.82, 2.24) is 10.2 Å². The minimum atomic E-state index is -0.710. The zero-order chi connectivity index (χ0) is 21.8. The third-order valence-corrected chi connectivity index (χ3v) is 4.46. The normalized spacial score (nSPS) is 14.7. The molecule has 0 atom stereocenters. The summed E-state index contributed by atoms with van der Waals surface area (Å²) in [5.74, 6) is -0.653. The molecule has 30 heavy (non-hydrogen) atoms. The zero-order valence-electron chi connectivity index (χ0n) is 16.6. The van der Waals surface area contributed by atoms with Crippen LogP contribution in [0.1, 0.15) is 11.1 Å². The van der Waals surface area contributed by atoms with Gasteiger partial charge in [0.1, 0.15) is 18.1 Å². The molecule has 0 aliphatic carbocycles. The van der Waals surface area contributed by atoms with Crippen molar-refractivity contribution in [3.8, 4) is 11.5 Å². The van der Waals surface area contributed by atoms with E-state index in [4.69, 9.17) is 9.47 Å². The number of amides is 4. The predicted molar refractivity (Wildman–Crippen MR) is 108 cm³/mol. The molecular weight excluding hydrogens is 393 g/mol. The van der Waals surface area contributed by atoms with E-state index in [-0.39, 0.29) is 5.70 Å². The summed E-state index contributed by atoms with van der Waals surface area (Å²) in [7, 11) is 3.01. The summed E-state index contributed by atoms with van der Waals surface area (Å²) >= 11 is 0. The first kappa shape index (κ1) is 20.8. The number of urea groups is 1. The first-order valence-electron chi connectivity index (χ1n) is 8.95. The Hall–Kier alpha value is -3.88. The van der Waals surface area contributed by atoms with E-state index in [2.05, 4.69) is 10.6 Å². The van der Waals surface area contributed by atoms with Gasteiger partial charge in [0, 0.05) is 5.69 Å². The monoisotopic (exact) mass is 413 g/mol. The van der Waals surface area contributed by atoms with Gasteiger partial charge in [-0.3, -0.25) is 9.59 Å². The van der Waals surface area contributed by atoms with Crippen LogP contribution in [0, 0.1) is 12.7 Å². The summed E-state index contributed by atoms with van der Waals surface area (Å²) in [6, 6.07) is 7.86. The van der Waals surface area contributed by atoms with Crippen molar-refractivity contribution in [2.24, 2.45) is 0 Å². The fourth-order valence-electron chi connectivity index (χ4n) is 2.90. The molecule has 1 heterocycles. The number of ether oxygens (including phenoxy) is 2. The van der Waals surface area contributed by atoms with E-state index in [1.807, 2.05) is 6.92 Å². The van der Waals surface area contributed by atoms with Crippen molar-refractivity contribution in [2.75, 3.05) is 26.1 Å². The number of benzene rings is 2. The lowest BCUT2D eigenvalue weighted by Gasteiger charge is -2.12. The number of carbonyl (C=O) groups is 3. The highest BCUT2D eigenvalue weighted by atomic mass is 19.1. The highest BCUT2D eigenvalue weighted by molar-refractivity contribution is 6.16. The first-order valence-corrected chi connectivity index (χ1v) is 8.95. The Morgan fingerprint density at radius 1 is 1.13 bits per heavy atom. The van der Waals surface area contributed by atoms with Crippen LogP contribution in [0.25, 0.3) is 6.08 Å². The maximum atomic E-state index is 13.0. The molecule has 0 radical (unpaired) electrons. The van der Waals surface area contributed by atoms with Crippen molar-refractivity contribution in [2.45, 2.75) is 6.92 Å². The van der Waals surface area contributed by atoms with Crippen LogP contribution >= 0.6 is 0 Å². The van der Waals surface area contributed by atoms with E-state index < -0.39 is 30.2 Å². The Balaban J connectivity index is 1.76. The number of nitrogens with one attached hydrogen (secondary N) is 2. The summed E-state index contributed by atoms with van der Waals surface area (Å²) in [6.07, 6.45) is 1.51. The fraction of sp³-hybridized carbons (Fsp3) is 0.190. The second-order valence-corrected chi connectivity index (χ2v) is 6.50. The van der Waals surface area contributed by atoms with E-state index in [9.17, 15) is 18.8 Å². The number of aryl methyl sites for hydroxylation is 1. The molecule has 1 saturated heterocycles. The Morgan fingerprint density at radius 3 is 2.40 bits per heavy atom. The van der Waals surface area contributed by atoms with Crippen molar-refractivity contribution >= 4 is 29.6 Å². The van der Waals surface area contributed by atoms with Crippen LogP contribution in [0.2, 0.25) is 0 Å². The highest BCUT2D eigenvalue weighted by Gasteiger charge is 2.35. The SMILES string of the molecule is COc1cc(C)c(C=C2NC(=O)N(CC(=O)Nc3ccc(F)cc3)C2=O)cc1OC. The van der Waals surface area contributed by atoms with Gasteiger partial charge >= 0.3 is 6.03 Å². The molecule has 1 aliphatic heterocycles. The van der Waals surface area contributed by atoms with Crippen LogP contribution in [-0.2, 0) is 9.59 Å². The van der Waals surface area contributed by atoms with Crippen LogP contribution in [0.4, 0.5) is 14.9 Å². The topological polar surface area (TPSA) is 97.0 Å². The number of nitrogens with zero attached hydrogens (tertiary/aromatic N) is 1. The van der Waals surface area contributed by atoms with Gasteiger partial charge in [-0.05, 0) is 60.5 Å². The average Bonchev–Trinajstić information content (AvgIpc) is 2.98. The molecule has 0 bridgehead atoms. The van der Waals surface area contributed by atoms with Crippen molar-refractivity contribution < 1.29 is 28.2 Å². The largest absolute Gasteiger partial charge is 0.493 e. The van der Waals surface area contributed by atoms with E-state index in [0.717, 1.165) is 10.5 Å². The van der Waals surface area contributed by atoms with Gasteiger partial charge in [-0.2, -0.15) is 0 Å². The molecule has 0 aromatic heterocycles. The molecule has 2 aromatic rings. The molecule has 0 unspecified atom stereocenters. The number of imide groups is 1. The number of rotatable bonds is 6. The lowest BCUT2D eigenvalue weighted by molar-refractivity contribution is -0.127. The van der Waals surface area contributed by atoms with Crippen molar-refractivity contribution in [3.63, 3.8) is 0 Å². The van der Waals surface area contributed by atoms with E-state index in [1.54, 1.807) is 12.1 Å². The molecule has 4 amide bonds. The molecule has 0 saturated carbocycles. The highest BCUT2D eigenvalue weighted by Crippen LogP contribution is 2.31.